The zero-order valence-corrected chi connectivity index (χ0v) is 14.5. The molecule has 0 aliphatic rings. The molecule has 128 valence electrons. The number of aromatic nitrogens is 2. The predicted octanol–water partition coefficient (Wildman–Crippen LogP) is 4.76. The lowest BCUT2D eigenvalue weighted by Gasteiger charge is -2.10. The van der Waals surface area contributed by atoms with Crippen LogP contribution < -0.4 is 5.32 Å². The zero-order chi connectivity index (χ0) is 18.1. The maximum absolute atomic E-state index is 13.0. The molecule has 0 fully saturated rings. The molecule has 0 radical (unpaired) electrons. The van der Waals surface area contributed by atoms with Crippen LogP contribution in [0.2, 0.25) is 0 Å². The van der Waals surface area contributed by atoms with E-state index in [9.17, 15) is 4.79 Å². The van der Waals surface area contributed by atoms with E-state index in [-0.39, 0.29) is 5.91 Å². The van der Waals surface area contributed by atoms with Gasteiger partial charge in [-0.1, -0.05) is 24.3 Å². The SMILES string of the molecule is Cc1ccc(-c2cc(C(=O)Nc3ncccc3C)c3ccccc3n2)o1. The van der Waals surface area contributed by atoms with Gasteiger partial charge in [0.2, 0.25) is 0 Å². The van der Waals surface area contributed by atoms with Crippen molar-refractivity contribution < 1.29 is 9.21 Å². The molecule has 0 spiro atoms. The molecule has 1 amide bonds. The molecule has 5 nitrogen and oxygen atoms in total. The number of furan rings is 1. The van der Waals surface area contributed by atoms with E-state index in [1.807, 2.05) is 62.4 Å². The number of fused-ring (bicyclic) bond motifs is 1. The van der Waals surface area contributed by atoms with E-state index in [1.165, 1.54) is 0 Å². The Morgan fingerprint density at radius 2 is 1.88 bits per heavy atom. The van der Waals surface area contributed by atoms with E-state index in [0.717, 1.165) is 22.2 Å². The molecule has 0 unspecified atom stereocenters. The molecule has 0 aliphatic heterocycles. The summed E-state index contributed by atoms with van der Waals surface area (Å²) < 4.78 is 5.68. The highest BCUT2D eigenvalue weighted by Crippen LogP contribution is 2.27. The van der Waals surface area contributed by atoms with Gasteiger partial charge >= 0.3 is 0 Å². The third-order valence-electron chi connectivity index (χ3n) is 4.19. The highest BCUT2D eigenvalue weighted by atomic mass is 16.3. The lowest BCUT2D eigenvalue weighted by molar-refractivity contribution is 0.102. The predicted molar refractivity (Wildman–Crippen MR) is 101 cm³/mol. The van der Waals surface area contributed by atoms with Gasteiger partial charge in [0.1, 0.15) is 17.3 Å². The average molecular weight is 343 g/mol. The summed E-state index contributed by atoms with van der Waals surface area (Å²) in [4.78, 5) is 21.8. The van der Waals surface area contributed by atoms with Gasteiger partial charge in [-0.2, -0.15) is 0 Å². The fourth-order valence-corrected chi connectivity index (χ4v) is 2.85. The van der Waals surface area contributed by atoms with Gasteiger partial charge in [0.05, 0.1) is 11.1 Å². The molecule has 3 aromatic heterocycles. The number of carbonyl (C=O) groups excluding carboxylic acids is 1. The van der Waals surface area contributed by atoms with Gasteiger partial charge < -0.3 is 9.73 Å². The first-order valence-corrected chi connectivity index (χ1v) is 8.31. The van der Waals surface area contributed by atoms with Crippen molar-refractivity contribution in [3.05, 3.63) is 77.7 Å². The van der Waals surface area contributed by atoms with Crippen LogP contribution in [0.3, 0.4) is 0 Å². The van der Waals surface area contributed by atoms with E-state index in [0.29, 0.717) is 22.8 Å². The molecule has 26 heavy (non-hydrogen) atoms. The van der Waals surface area contributed by atoms with Crippen molar-refractivity contribution in [2.45, 2.75) is 13.8 Å². The van der Waals surface area contributed by atoms with Crippen molar-refractivity contribution in [1.82, 2.24) is 9.97 Å². The zero-order valence-electron chi connectivity index (χ0n) is 14.5. The first-order valence-electron chi connectivity index (χ1n) is 8.31. The molecular weight excluding hydrogens is 326 g/mol. The molecule has 1 N–H and O–H groups in total. The van der Waals surface area contributed by atoms with Crippen LogP contribution in [0.25, 0.3) is 22.4 Å². The number of pyridine rings is 2. The lowest BCUT2D eigenvalue weighted by Crippen LogP contribution is -2.14. The number of hydrogen-bond donors (Lipinski definition) is 1. The molecule has 0 saturated heterocycles. The van der Waals surface area contributed by atoms with Gasteiger partial charge in [-0.05, 0) is 49.7 Å². The summed E-state index contributed by atoms with van der Waals surface area (Å²) in [5.41, 5.74) is 2.80. The largest absolute Gasteiger partial charge is 0.460 e. The van der Waals surface area contributed by atoms with Gasteiger partial charge in [-0.3, -0.25) is 4.79 Å². The Labute approximate surface area is 150 Å². The normalized spacial score (nSPS) is 10.8. The number of benzene rings is 1. The number of hydrogen-bond acceptors (Lipinski definition) is 4. The van der Waals surface area contributed by atoms with Crippen LogP contribution in [0, 0.1) is 13.8 Å². The molecule has 1 aromatic carbocycles. The van der Waals surface area contributed by atoms with Crippen LogP contribution >= 0.6 is 0 Å². The van der Waals surface area contributed by atoms with E-state index in [1.54, 1.807) is 12.3 Å². The second-order valence-corrected chi connectivity index (χ2v) is 6.11. The summed E-state index contributed by atoms with van der Waals surface area (Å²) in [5, 5.41) is 3.68. The lowest BCUT2D eigenvalue weighted by atomic mass is 10.1. The molecule has 4 aromatic rings. The van der Waals surface area contributed by atoms with Crippen LogP contribution in [0.1, 0.15) is 21.7 Å². The Kier molecular flexibility index (Phi) is 3.97. The fraction of sp³-hybridized carbons (Fsp3) is 0.0952. The Hall–Kier alpha value is -3.47. The van der Waals surface area contributed by atoms with E-state index in [2.05, 4.69) is 15.3 Å². The Bertz CT molecular complexity index is 1120. The number of nitrogens with one attached hydrogen (secondary N) is 1. The van der Waals surface area contributed by atoms with Crippen molar-refractivity contribution in [3.8, 4) is 11.5 Å². The third-order valence-corrected chi connectivity index (χ3v) is 4.19. The quantitative estimate of drug-likeness (QED) is 0.582. The van der Waals surface area contributed by atoms with Gasteiger partial charge in [0.15, 0.2) is 5.76 Å². The maximum atomic E-state index is 13.0. The first kappa shape index (κ1) is 16.0. The smallest absolute Gasteiger partial charge is 0.257 e. The third kappa shape index (κ3) is 2.95. The number of carbonyl (C=O) groups is 1. The Morgan fingerprint density at radius 3 is 2.65 bits per heavy atom. The van der Waals surface area contributed by atoms with Gasteiger partial charge in [-0.25, -0.2) is 9.97 Å². The summed E-state index contributed by atoms with van der Waals surface area (Å²) in [6.45, 7) is 3.78. The molecule has 0 bridgehead atoms. The fourth-order valence-electron chi connectivity index (χ4n) is 2.85. The van der Waals surface area contributed by atoms with Crippen molar-refractivity contribution in [2.24, 2.45) is 0 Å². The number of rotatable bonds is 3. The highest BCUT2D eigenvalue weighted by Gasteiger charge is 2.16. The summed E-state index contributed by atoms with van der Waals surface area (Å²) >= 11 is 0. The van der Waals surface area contributed by atoms with Crippen LogP contribution in [0.15, 0.2) is 65.2 Å². The minimum absolute atomic E-state index is 0.227. The monoisotopic (exact) mass is 343 g/mol. The minimum Gasteiger partial charge on any atom is -0.460 e. The van der Waals surface area contributed by atoms with Crippen molar-refractivity contribution in [3.63, 3.8) is 0 Å². The average Bonchev–Trinajstić information content (AvgIpc) is 3.09. The van der Waals surface area contributed by atoms with Crippen LogP contribution in [-0.4, -0.2) is 15.9 Å². The van der Waals surface area contributed by atoms with Crippen LogP contribution in [0.4, 0.5) is 5.82 Å². The number of anilines is 1. The molecule has 5 heteroatoms. The number of aryl methyl sites for hydroxylation is 2. The topological polar surface area (TPSA) is 68.0 Å². The molecule has 0 aliphatic carbocycles. The van der Waals surface area contributed by atoms with Crippen molar-refractivity contribution >= 4 is 22.6 Å². The Balaban J connectivity index is 1.82. The van der Waals surface area contributed by atoms with Crippen molar-refractivity contribution in [1.29, 1.82) is 0 Å². The maximum Gasteiger partial charge on any atom is 0.257 e. The van der Waals surface area contributed by atoms with E-state index >= 15 is 0 Å². The second-order valence-electron chi connectivity index (χ2n) is 6.11. The molecule has 0 atom stereocenters. The van der Waals surface area contributed by atoms with Gasteiger partial charge in [0, 0.05) is 11.6 Å². The summed E-state index contributed by atoms with van der Waals surface area (Å²) in [5.74, 6) is 1.75. The van der Waals surface area contributed by atoms with Crippen molar-refractivity contribution in [2.75, 3.05) is 5.32 Å². The van der Waals surface area contributed by atoms with Crippen LogP contribution in [0.5, 0.6) is 0 Å². The van der Waals surface area contributed by atoms with Gasteiger partial charge in [-0.15, -0.1) is 0 Å². The van der Waals surface area contributed by atoms with E-state index in [4.69, 9.17) is 4.42 Å². The summed E-state index contributed by atoms with van der Waals surface area (Å²) in [6.07, 6.45) is 1.66. The number of amides is 1. The highest BCUT2D eigenvalue weighted by molar-refractivity contribution is 6.12. The minimum atomic E-state index is -0.227. The van der Waals surface area contributed by atoms with E-state index < -0.39 is 0 Å². The number of para-hydroxylation sites is 1. The molecule has 0 saturated carbocycles. The molecule has 4 rings (SSSR count). The second kappa shape index (κ2) is 6.44. The van der Waals surface area contributed by atoms with Crippen LogP contribution in [-0.2, 0) is 0 Å². The Morgan fingerprint density at radius 1 is 1.04 bits per heavy atom. The summed E-state index contributed by atoms with van der Waals surface area (Å²) in [6, 6.07) is 16.8. The number of nitrogens with zero attached hydrogens (tertiary/aromatic N) is 2. The standard InChI is InChI=1S/C21H17N3O2/c1-13-6-5-11-22-20(13)24-21(25)16-12-18(19-10-9-14(2)26-19)23-17-8-4-3-7-15(16)17/h3-12H,1-2H3,(H,22,24,25). The molecular formula is C21H17N3O2. The first-order chi connectivity index (χ1) is 12.6. The molecule has 3 heterocycles. The van der Waals surface area contributed by atoms with Gasteiger partial charge in [0.25, 0.3) is 5.91 Å². The summed E-state index contributed by atoms with van der Waals surface area (Å²) in [7, 11) is 0.